The maximum atomic E-state index is 6.37. The first kappa shape index (κ1) is 26.4. The molecular formula is C46H28OS. The van der Waals surface area contributed by atoms with Crippen LogP contribution in [0.2, 0.25) is 0 Å². The molecule has 2 atom stereocenters. The molecule has 2 aliphatic carbocycles. The molecule has 11 rings (SSSR count). The number of thiophene rings is 1. The average Bonchev–Trinajstić information content (AvgIpc) is 3.72. The molecule has 0 bridgehead atoms. The van der Waals surface area contributed by atoms with Crippen LogP contribution in [0.15, 0.2) is 150 Å². The quantitative estimate of drug-likeness (QED) is 0.177. The van der Waals surface area contributed by atoms with Crippen molar-refractivity contribution in [3.05, 3.63) is 167 Å². The van der Waals surface area contributed by atoms with Gasteiger partial charge in [0, 0.05) is 43.0 Å². The lowest BCUT2D eigenvalue weighted by atomic mass is 9.72. The summed E-state index contributed by atoms with van der Waals surface area (Å²) >= 11 is 1.87. The van der Waals surface area contributed by atoms with Crippen LogP contribution in [0, 0.1) is 0 Å². The Morgan fingerprint density at radius 1 is 0.500 bits per heavy atom. The highest BCUT2D eigenvalue weighted by Gasteiger charge is 2.33. The molecule has 9 aromatic rings. The molecular weight excluding hydrogens is 601 g/mol. The molecule has 2 heterocycles. The minimum absolute atomic E-state index is 0.177. The Balaban J connectivity index is 1.13. The van der Waals surface area contributed by atoms with Crippen molar-refractivity contribution in [2.75, 3.05) is 0 Å². The summed E-state index contributed by atoms with van der Waals surface area (Å²) in [6, 6.07) is 49.3. The third-order valence-corrected chi connectivity index (χ3v) is 11.8. The monoisotopic (exact) mass is 628 g/mol. The van der Waals surface area contributed by atoms with E-state index in [-0.39, 0.29) is 11.8 Å². The number of hydrogen-bond acceptors (Lipinski definition) is 2. The SMILES string of the molecule is C1=CC2c3c(oc4cccc(c34)=CC2c2c3ccccc3c(-c3ccc(-c4cccc5sc6ccccc6c45)cc3)c3ccccc23)=C1. The van der Waals surface area contributed by atoms with Crippen molar-refractivity contribution in [1.29, 1.82) is 0 Å². The lowest BCUT2D eigenvalue weighted by Crippen LogP contribution is -2.24. The van der Waals surface area contributed by atoms with Gasteiger partial charge in [-0.25, -0.2) is 0 Å². The zero-order valence-electron chi connectivity index (χ0n) is 26.0. The van der Waals surface area contributed by atoms with Crippen molar-refractivity contribution in [2.45, 2.75) is 11.8 Å². The summed E-state index contributed by atoms with van der Waals surface area (Å²) < 4.78 is 9.04. The normalized spacial score (nSPS) is 16.6. The highest BCUT2D eigenvalue weighted by atomic mass is 32.1. The Morgan fingerprint density at radius 2 is 1.17 bits per heavy atom. The van der Waals surface area contributed by atoms with Crippen molar-refractivity contribution in [3.63, 3.8) is 0 Å². The topological polar surface area (TPSA) is 13.1 Å². The van der Waals surface area contributed by atoms with E-state index in [1.165, 1.54) is 85.7 Å². The molecule has 2 aliphatic rings. The molecule has 1 nitrogen and oxygen atoms in total. The van der Waals surface area contributed by atoms with Gasteiger partial charge >= 0.3 is 0 Å². The minimum atomic E-state index is 0.177. The number of allylic oxidation sites excluding steroid dienone is 2. The number of furan rings is 1. The molecule has 0 saturated heterocycles. The molecule has 224 valence electrons. The third-order valence-electron chi connectivity index (χ3n) is 10.7. The first-order valence-electron chi connectivity index (χ1n) is 16.7. The van der Waals surface area contributed by atoms with E-state index in [1.54, 1.807) is 0 Å². The van der Waals surface area contributed by atoms with Crippen LogP contribution in [0.4, 0.5) is 0 Å². The van der Waals surface area contributed by atoms with E-state index in [0.717, 1.165) is 11.0 Å². The molecule has 7 aromatic carbocycles. The molecule has 0 N–H and O–H groups in total. The number of rotatable bonds is 3. The van der Waals surface area contributed by atoms with Crippen LogP contribution in [0.1, 0.15) is 23.0 Å². The van der Waals surface area contributed by atoms with E-state index < -0.39 is 0 Å². The van der Waals surface area contributed by atoms with Gasteiger partial charge in [0.1, 0.15) is 11.0 Å². The summed E-state index contributed by atoms with van der Waals surface area (Å²) in [4.78, 5) is 0. The van der Waals surface area contributed by atoms with Gasteiger partial charge in [-0.1, -0.05) is 133 Å². The second-order valence-corrected chi connectivity index (χ2v) is 14.2. The predicted octanol–water partition coefficient (Wildman–Crippen LogP) is 11.5. The Labute approximate surface area is 281 Å². The summed E-state index contributed by atoms with van der Waals surface area (Å²) in [5.41, 5.74) is 9.78. The van der Waals surface area contributed by atoms with Crippen LogP contribution in [-0.4, -0.2) is 0 Å². The van der Waals surface area contributed by atoms with Crippen molar-refractivity contribution >= 4 is 76.2 Å². The zero-order valence-corrected chi connectivity index (χ0v) is 26.8. The fourth-order valence-corrected chi connectivity index (χ4v) is 9.83. The second-order valence-electron chi connectivity index (χ2n) is 13.1. The van der Waals surface area contributed by atoms with Gasteiger partial charge in [-0.3, -0.25) is 0 Å². The fraction of sp³-hybridized carbons (Fsp3) is 0.0435. The molecule has 0 radical (unpaired) electrons. The molecule has 0 fully saturated rings. The van der Waals surface area contributed by atoms with Crippen LogP contribution in [-0.2, 0) is 0 Å². The van der Waals surface area contributed by atoms with E-state index in [0.29, 0.717) is 0 Å². The zero-order chi connectivity index (χ0) is 31.3. The van der Waals surface area contributed by atoms with Crippen LogP contribution in [0.25, 0.3) is 87.1 Å². The molecule has 0 amide bonds. The van der Waals surface area contributed by atoms with Gasteiger partial charge in [-0.2, -0.15) is 0 Å². The number of fused-ring (bicyclic) bond motifs is 5. The van der Waals surface area contributed by atoms with Crippen LogP contribution in [0.3, 0.4) is 0 Å². The Bertz CT molecular complexity index is 2900. The average molecular weight is 629 g/mol. The lowest BCUT2D eigenvalue weighted by Gasteiger charge is -2.29. The Hall–Kier alpha value is -5.70. The van der Waals surface area contributed by atoms with Gasteiger partial charge in [-0.15, -0.1) is 11.3 Å². The maximum Gasteiger partial charge on any atom is 0.135 e. The first-order chi connectivity index (χ1) is 23.8. The lowest BCUT2D eigenvalue weighted by molar-refractivity contribution is 0.565. The predicted molar refractivity (Wildman–Crippen MR) is 204 cm³/mol. The highest BCUT2D eigenvalue weighted by molar-refractivity contribution is 7.25. The molecule has 48 heavy (non-hydrogen) atoms. The number of hydrogen-bond donors (Lipinski definition) is 0. The third kappa shape index (κ3) is 3.61. The molecule has 2 unspecified atom stereocenters. The minimum Gasteiger partial charge on any atom is -0.456 e. The van der Waals surface area contributed by atoms with Gasteiger partial charge in [0.2, 0.25) is 0 Å². The molecule has 0 spiro atoms. The Morgan fingerprint density at radius 3 is 1.96 bits per heavy atom. The molecule has 2 heteroatoms. The van der Waals surface area contributed by atoms with E-state index >= 15 is 0 Å². The molecule has 0 saturated carbocycles. The van der Waals surface area contributed by atoms with E-state index in [1.807, 2.05) is 11.3 Å². The first-order valence-corrected chi connectivity index (χ1v) is 17.5. The smallest absolute Gasteiger partial charge is 0.135 e. The maximum absolute atomic E-state index is 6.37. The Kier molecular flexibility index (Phi) is 5.44. The van der Waals surface area contributed by atoms with Crippen LogP contribution in [0.5, 0.6) is 0 Å². The van der Waals surface area contributed by atoms with Gasteiger partial charge in [0.25, 0.3) is 0 Å². The van der Waals surface area contributed by atoms with Crippen molar-refractivity contribution in [2.24, 2.45) is 0 Å². The summed E-state index contributed by atoms with van der Waals surface area (Å²) in [6.07, 6.45) is 9.18. The summed E-state index contributed by atoms with van der Waals surface area (Å²) in [5.74, 6) is 0.394. The second kappa shape index (κ2) is 9.90. The summed E-state index contributed by atoms with van der Waals surface area (Å²) in [5, 5.41) is 10.4. The van der Waals surface area contributed by atoms with E-state index in [2.05, 4.69) is 158 Å². The van der Waals surface area contributed by atoms with Gasteiger partial charge < -0.3 is 4.42 Å². The van der Waals surface area contributed by atoms with Crippen LogP contribution < -0.4 is 10.6 Å². The van der Waals surface area contributed by atoms with Crippen molar-refractivity contribution in [3.8, 4) is 22.3 Å². The van der Waals surface area contributed by atoms with Gasteiger partial charge in [-0.05, 0) is 78.9 Å². The van der Waals surface area contributed by atoms with E-state index in [4.69, 9.17) is 4.42 Å². The highest BCUT2D eigenvalue weighted by Crippen LogP contribution is 2.49. The fourth-order valence-electron chi connectivity index (χ4n) is 8.69. The standard InChI is InChI=1S/C46H28OS/c1-3-13-33-31(11-1)42(28-24-22-27(23-25-28)30-16-9-21-41-45(30)36-15-5-6-20-40(36)48-41)32-12-2-4-14-34(32)44(33)37-26-29-10-7-18-38-43(29)46-35(37)17-8-19-39(46)47-38/h1-26,35,37H. The van der Waals surface area contributed by atoms with Crippen LogP contribution >= 0.6 is 11.3 Å². The largest absolute Gasteiger partial charge is 0.456 e. The summed E-state index contributed by atoms with van der Waals surface area (Å²) in [7, 11) is 0. The van der Waals surface area contributed by atoms with Gasteiger partial charge in [0.05, 0.1) is 0 Å². The van der Waals surface area contributed by atoms with Crippen molar-refractivity contribution in [1.82, 2.24) is 0 Å². The van der Waals surface area contributed by atoms with E-state index in [9.17, 15) is 0 Å². The molecule has 2 aromatic heterocycles. The number of benzene rings is 7. The van der Waals surface area contributed by atoms with Crippen molar-refractivity contribution < 1.29 is 4.42 Å². The molecule has 0 aliphatic heterocycles. The summed E-state index contributed by atoms with van der Waals surface area (Å²) in [6.45, 7) is 0. The van der Waals surface area contributed by atoms with Gasteiger partial charge in [0.15, 0.2) is 0 Å².